The molecular weight excluding hydrogens is 238 g/mol. The average molecular weight is 263 g/mol. The van der Waals surface area contributed by atoms with E-state index in [1.807, 2.05) is 12.1 Å². The second-order valence-electron chi connectivity index (χ2n) is 5.82. The van der Waals surface area contributed by atoms with Crippen molar-refractivity contribution < 1.29 is 5.11 Å². The molecule has 19 heavy (non-hydrogen) atoms. The molecule has 1 aliphatic heterocycles. The summed E-state index contributed by atoms with van der Waals surface area (Å²) in [5, 5.41) is 9.64. The van der Waals surface area contributed by atoms with Gasteiger partial charge in [-0.3, -0.25) is 0 Å². The Hall–Kier alpha value is -1.13. The van der Waals surface area contributed by atoms with Crippen molar-refractivity contribution in [3.05, 3.63) is 23.9 Å². The molecule has 1 aromatic heterocycles. The molecule has 2 heterocycles. The van der Waals surface area contributed by atoms with Gasteiger partial charge in [-0.25, -0.2) is 4.98 Å². The first-order valence-electron chi connectivity index (χ1n) is 7.10. The minimum absolute atomic E-state index is 0.423. The highest BCUT2D eigenvalue weighted by Gasteiger charge is 2.20. The third-order valence-corrected chi connectivity index (χ3v) is 3.81. The van der Waals surface area contributed by atoms with E-state index in [0.717, 1.165) is 30.4 Å². The van der Waals surface area contributed by atoms with E-state index in [0.29, 0.717) is 0 Å². The van der Waals surface area contributed by atoms with E-state index in [1.165, 1.54) is 19.4 Å². The topological polar surface area (TPSA) is 39.6 Å². The van der Waals surface area contributed by atoms with Crippen LogP contribution >= 0.6 is 0 Å². The van der Waals surface area contributed by atoms with Crippen molar-refractivity contribution >= 4 is 5.82 Å². The lowest BCUT2D eigenvalue weighted by Crippen LogP contribution is -2.37. The summed E-state index contributed by atoms with van der Waals surface area (Å²) in [4.78, 5) is 9.04. The highest BCUT2D eigenvalue weighted by molar-refractivity contribution is 5.41. The molecule has 1 N–H and O–H groups in total. The van der Waals surface area contributed by atoms with Crippen molar-refractivity contribution in [3.63, 3.8) is 0 Å². The second-order valence-corrected chi connectivity index (χ2v) is 5.82. The number of rotatable bonds is 4. The van der Waals surface area contributed by atoms with Crippen LogP contribution in [0.2, 0.25) is 0 Å². The Bertz CT molecular complexity index is 398. The van der Waals surface area contributed by atoms with Crippen molar-refractivity contribution in [1.82, 2.24) is 9.88 Å². The molecule has 0 aromatic carbocycles. The van der Waals surface area contributed by atoms with Gasteiger partial charge in [-0.15, -0.1) is 0 Å². The highest BCUT2D eigenvalue weighted by Crippen LogP contribution is 2.24. The normalized spacial score (nSPS) is 18.9. The van der Waals surface area contributed by atoms with Crippen LogP contribution in [0.4, 0.5) is 5.82 Å². The Kier molecular flexibility index (Phi) is 4.77. The fraction of sp³-hybridized carbons (Fsp3) is 0.667. The maximum Gasteiger partial charge on any atom is 0.128 e. The number of aliphatic hydroxyl groups excluding tert-OH is 1. The van der Waals surface area contributed by atoms with Crippen molar-refractivity contribution in [3.8, 4) is 0 Å². The summed E-state index contributed by atoms with van der Waals surface area (Å²) >= 11 is 0. The zero-order valence-corrected chi connectivity index (χ0v) is 12.2. The summed E-state index contributed by atoms with van der Waals surface area (Å²) in [5.74, 6) is 1.80. The molecule has 1 unspecified atom stereocenters. The third kappa shape index (κ3) is 3.91. The van der Waals surface area contributed by atoms with Crippen LogP contribution < -0.4 is 4.90 Å². The Morgan fingerprint density at radius 2 is 2.11 bits per heavy atom. The predicted octanol–water partition coefficient (Wildman–Crippen LogP) is 1.91. The molecule has 0 aliphatic carbocycles. The monoisotopic (exact) mass is 263 g/mol. The molecule has 1 aliphatic rings. The Labute approximate surface area is 116 Å². The number of hydrogen-bond donors (Lipinski definition) is 1. The lowest BCUT2D eigenvalue weighted by atomic mass is 9.96. The van der Waals surface area contributed by atoms with Gasteiger partial charge in [0, 0.05) is 25.8 Å². The molecular formula is C15H25N3O. The zero-order valence-electron chi connectivity index (χ0n) is 12.2. The molecule has 106 valence electrons. The summed E-state index contributed by atoms with van der Waals surface area (Å²) in [7, 11) is 4.28. The van der Waals surface area contributed by atoms with E-state index in [4.69, 9.17) is 0 Å². The van der Waals surface area contributed by atoms with E-state index < -0.39 is 6.10 Å². The summed E-state index contributed by atoms with van der Waals surface area (Å²) in [6.45, 7) is 5.10. The van der Waals surface area contributed by atoms with Crippen LogP contribution in [0.3, 0.4) is 0 Å². The van der Waals surface area contributed by atoms with E-state index in [-0.39, 0.29) is 0 Å². The van der Waals surface area contributed by atoms with Crippen LogP contribution in [0.5, 0.6) is 0 Å². The Balaban J connectivity index is 1.96. The fourth-order valence-corrected chi connectivity index (χ4v) is 2.73. The Morgan fingerprint density at radius 1 is 1.42 bits per heavy atom. The maximum absolute atomic E-state index is 9.64. The van der Waals surface area contributed by atoms with Gasteiger partial charge in [0.25, 0.3) is 0 Å². The van der Waals surface area contributed by atoms with Crippen molar-refractivity contribution in [2.45, 2.75) is 25.9 Å². The molecule has 4 heteroatoms. The van der Waals surface area contributed by atoms with Crippen molar-refractivity contribution in [1.29, 1.82) is 0 Å². The predicted molar refractivity (Wildman–Crippen MR) is 78.4 cm³/mol. The number of pyridine rings is 1. The van der Waals surface area contributed by atoms with Gasteiger partial charge >= 0.3 is 0 Å². The first-order valence-corrected chi connectivity index (χ1v) is 7.10. The molecule has 4 nitrogen and oxygen atoms in total. The molecule has 0 radical (unpaired) electrons. The SMILES string of the molecule is CC(O)c1ccnc(N2CCC(CN(C)C)CC2)c1. The third-order valence-electron chi connectivity index (χ3n) is 3.81. The molecule has 1 aromatic rings. The van der Waals surface area contributed by atoms with Gasteiger partial charge < -0.3 is 14.9 Å². The molecule has 1 saturated heterocycles. The maximum atomic E-state index is 9.64. The van der Waals surface area contributed by atoms with Gasteiger partial charge in [0.15, 0.2) is 0 Å². The van der Waals surface area contributed by atoms with Gasteiger partial charge in [0.2, 0.25) is 0 Å². The molecule has 0 spiro atoms. The fourth-order valence-electron chi connectivity index (χ4n) is 2.73. The first-order chi connectivity index (χ1) is 9.06. The van der Waals surface area contributed by atoms with Crippen LogP contribution in [0, 0.1) is 5.92 Å². The van der Waals surface area contributed by atoms with E-state index in [2.05, 4.69) is 28.9 Å². The number of piperidine rings is 1. The van der Waals surface area contributed by atoms with Crippen LogP contribution in [0.1, 0.15) is 31.4 Å². The molecule has 1 fully saturated rings. The Morgan fingerprint density at radius 3 is 2.68 bits per heavy atom. The van der Waals surface area contributed by atoms with Gasteiger partial charge in [-0.05, 0) is 57.5 Å². The summed E-state index contributed by atoms with van der Waals surface area (Å²) < 4.78 is 0. The van der Waals surface area contributed by atoms with Gasteiger partial charge in [-0.1, -0.05) is 0 Å². The van der Waals surface area contributed by atoms with Crippen LogP contribution in [-0.2, 0) is 0 Å². The molecule has 2 rings (SSSR count). The number of nitrogens with zero attached hydrogens (tertiary/aromatic N) is 3. The van der Waals surface area contributed by atoms with Gasteiger partial charge in [0.05, 0.1) is 6.10 Å². The minimum atomic E-state index is -0.423. The summed E-state index contributed by atoms with van der Waals surface area (Å²) in [5.41, 5.74) is 0.945. The number of aliphatic hydroxyl groups is 1. The highest BCUT2D eigenvalue weighted by atomic mass is 16.3. The van der Waals surface area contributed by atoms with Crippen molar-refractivity contribution in [2.24, 2.45) is 5.92 Å². The largest absolute Gasteiger partial charge is 0.389 e. The molecule has 0 saturated carbocycles. The standard InChI is InChI=1S/C15H25N3O/c1-12(19)14-4-7-16-15(10-14)18-8-5-13(6-9-18)11-17(2)3/h4,7,10,12-13,19H,5-6,8-9,11H2,1-3H3. The van der Waals surface area contributed by atoms with Crippen molar-refractivity contribution in [2.75, 3.05) is 38.6 Å². The second kappa shape index (κ2) is 6.35. The number of anilines is 1. The number of aromatic nitrogens is 1. The lowest BCUT2D eigenvalue weighted by Gasteiger charge is -2.34. The van der Waals surface area contributed by atoms with Gasteiger partial charge in [-0.2, -0.15) is 0 Å². The summed E-state index contributed by atoms with van der Waals surface area (Å²) in [6.07, 6.45) is 3.81. The van der Waals surface area contributed by atoms with Crippen LogP contribution in [0.15, 0.2) is 18.3 Å². The minimum Gasteiger partial charge on any atom is -0.389 e. The van der Waals surface area contributed by atoms with E-state index in [9.17, 15) is 5.11 Å². The quantitative estimate of drug-likeness (QED) is 0.901. The lowest BCUT2D eigenvalue weighted by molar-refractivity contribution is 0.199. The van der Waals surface area contributed by atoms with Gasteiger partial charge in [0.1, 0.15) is 5.82 Å². The first kappa shape index (κ1) is 14.3. The van der Waals surface area contributed by atoms with E-state index in [1.54, 1.807) is 13.1 Å². The summed E-state index contributed by atoms with van der Waals surface area (Å²) in [6, 6.07) is 3.89. The molecule has 1 atom stereocenters. The van der Waals surface area contributed by atoms with E-state index >= 15 is 0 Å². The number of hydrogen-bond acceptors (Lipinski definition) is 4. The molecule has 0 amide bonds. The average Bonchev–Trinajstić information content (AvgIpc) is 2.39. The zero-order chi connectivity index (χ0) is 13.8. The van der Waals surface area contributed by atoms with Crippen LogP contribution in [0.25, 0.3) is 0 Å². The van der Waals surface area contributed by atoms with Crippen LogP contribution in [-0.4, -0.2) is 48.7 Å². The molecule has 0 bridgehead atoms. The smallest absolute Gasteiger partial charge is 0.128 e.